The van der Waals surface area contributed by atoms with Gasteiger partial charge in [0, 0.05) is 17.3 Å². The van der Waals surface area contributed by atoms with Crippen molar-refractivity contribution in [3.63, 3.8) is 0 Å². The third kappa shape index (κ3) is 4.21. The summed E-state index contributed by atoms with van der Waals surface area (Å²) < 4.78 is 0. The summed E-state index contributed by atoms with van der Waals surface area (Å²) in [6.45, 7) is 2.14. The normalized spacial score (nSPS) is 12.8. The maximum atomic E-state index is 5.72. The molecule has 0 spiro atoms. The van der Waals surface area contributed by atoms with Crippen LogP contribution in [0.5, 0.6) is 0 Å². The van der Waals surface area contributed by atoms with Crippen molar-refractivity contribution >= 4 is 35.0 Å². The summed E-state index contributed by atoms with van der Waals surface area (Å²) in [7, 11) is 0. The van der Waals surface area contributed by atoms with E-state index in [4.69, 9.17) is 23.2 Å². The van der Waals surface area contributed by atoms with Crippen LogP contribution in [0.25, 0.3) is 0 Å². The molecular weight excluding hydrogens is 225 g/mol. The standard InChI is InChI=1S/C9H11Cl2NS/c1-7(4-5-10)13-9-3-2-8(11)6-12-9/h2-3,6-7H,4-5H2,1H3. The summed E-state index contributed by atoms with van der Waals surface area (Å²) >= 11 is 13.1. The molecule has 0 aliphatic rings. The van der Waals surface area contributed by atoms with Crippen LogP contribution in [0.2, 0.25) is 5.02 Å². The summed E-state index contributed by atoms with van der Waals surface area (Å²) in [6.07, 6.45) is 2.66. The van der Waals surface area contributed by atoms with E-state index in [0.29, 0.717) is 16.2 Å². The van der Waals surface area contributed by atoms with Gasteiger partial charge in [-0.05, 0) is 18.6 Å². The van der Waals surface area contributed by atoms with Gasteiger partial charge in [-0.1, -0.05) is 18.5 Å². The predicted octanol–water partition coefficient (Wildman–Crippen LogP) is 3.84. The molecule has 0 saturated heterocycles. The quantitative estimate of drug-likeness (QED) is 0.581. The van der Waals surface area contributed by atoms with Gasteiger partial charge in [0.1, 0.15) is 0 Å². The van der Waals surface area contributed by atoms with E-state index >= 15 is 0 Å². The second-order valence-electron chi connectivity index (χ2n) is 2.72. The Labute approximate surface area is 92.8 Å². The molecule has 0 bridgehead atoms. The molecule has 1 atom stereocenters. The molecule has 0 saturated carbocycles. The minimum absolute atomic E-state index is 0.506. The number of hydrogen-bond donors (Lipinski definition) is 0. The van der Waals surface area contributed by atoms with Crippen molar-refractivity contribution in [1.29, 1.82) is 0 Å². The zero-order chi connectivity index (χ0) is 9.68. The van der Waals surface area contributed by atoms with Crippen LogP contribution in [0, 0.1) is 0 Å². The lowest BCUT2D eigenvalue weighted by Gasteiger charge is -2.07. The monoisotopic (exact) mass is 235 g/mol. The van der Waals surface area contributed by atoms with Gasteiger partial charge in [-0.3, -0.25) is 0 Å². The van der Waals surface area contributed by atoms with E-state index < -0.39 is 0 Å². The first-order chi connectivity index (χ1) is 6.22. The highest BCUT2D eigenvalue weighted by molar-refractivity contribution is 7.99. The molecule has 1 nitrogen and oxygen atoms in total. The van der Waals surface area contributed by atoms with Gasteiger partial charge in [-0.15, -0.1) is 23.4 Å². The Bertz CT molecular complexity index is 250. The van der Waals surface area contributed by atoms with Crippen molar-refractivity contribution in [3.05, 3.63) is 23.4 Å². The number of alkyl halides is 1. The molecule has 0 aromatic carbocycles. The fourth-order valence-corrected chi connectivity index (χ4v) is 2.33. The van der Waals surface area contributed by atoms with Gasteiger partial charge >= 0.3 is 0 Å². The van der Waals surface area contributed by atoms with Crippen LogP contribution in [0.15, 0.2) is 23.4 Å². The van der Waals surface area contributed by atoms with E-state index in [2.05, 4.69) is 11.9 Å². The van der Waals surface area contributed by atoms with Crippen LogP contribution in [-0.4, -0.2) is 16.1 Å². The summed E-state index contributed by atoms with van der Waals surface area (Å²) in [5, 5.41) is 2.18. The largest absolute Gasteiger partial charge is 0.248 e. The van der Waals surface area contributed by atoms with Gasteiger partial charge in [0.15, 0.2) is 0 Å². The van der Waals surface area contributed by atoms with Crippen LogP contribution in [0.4, 0.5) is 0 Å². The summed E-state index contributed by atoms with van der Waals surface area (Å²) in [4.78, 5) is 4.19. The van der Waals surface area contributed by atoms with Crippen LogP contribution in [-0.2, 0) is 0 Å². The molecule has 0 N–H and O–H groups in total. The van der Waals surface area contributed by atoms with E-state index in [9.17, 15) is 0 Å². The number of halogens is 2. The lowest BCUT2D eigenvalue weighted by molar-refractivity contribution is 0.907. The van der Waals surface area contributed by atoms with Gasteiger partial charge in [0.25, 0.3) is 0 Å². The zero-order valence-corrected chi connectivity index (χ0v) is 9.66. The molecular formula is C9H11Cl2NS. The molecule has 0 amide bonds. The van der Waals surface area contributed by atoms with E-state index in [0.717, 1.165) is 11.4 Å². The summed E-state index contributed by atoms with van der Waals surface area (Å²) in [6, 6.07) is 3.78. The highest BCUT2D eigenvalue weighted by Gasteiger charge is 2.04. The number of nitrogens with zero attached hydrogens (tertiary/aromatic N) is 1. The third-order valence-corrected chi connectivity index (χ3v) is 3.10. The molecule has 4 heteroatoms. The number of aromatic nitrogens is 1. The maximum Gasteiger partial charge on any atom is 0.0963 e. The molecule has 0 aliphatic carbocycles. The van der Waals surface area contributed by atoms with Crippen LogP contribution in [0.3, 0.4) is 0 Å². The Morgan fingerprint density at radius 3 is 2.85 bits per heavy atom. The molecule has 72 valence electrons. The smallest absolute Gasteiger partial charge is 0.0963 e. The van der Waals surface area contributed by atoms with Gasteiger partial charge < -0.3 is 0 Å². The molecule has 0 fully saturated rings. The van der Waals surface area contributed by atoms with Crippen molar-refractivity contribution in [2.45, 2.75) is 23.6 Å². The van der Waals surface area contributed by atoms with E-state index in [1.807, 2.05) is 12.1 Å². The second kappa shape index (κ2) is 5.74. The maximum absolute atomic E-state index is 5.72. The molecule has 1 unspecified atom stereocenters. The molecule has 13 heavy (non-hydrogen) atoms. The average Bonchev–Trinajstić information content (AvgIpc) is 2.09. The van der Waals surface area contributed by atoms with Crippen LogP contribution >= 0.6 is 35.0 Å². The van der Waals surface area contributed by atoms with E-state index in [-0.39, 0.29) is 0 Å². The van der Waals surface area contributed by atoms with Gasteiger partial charge in [-0.25, -0.2) is 4.98 Å². The number of hydrogen-bond acceptors (Lipinski definition) is 2. The molecule has 1 heterocycles. The van der Waals surface area contributed by atoms with Gasteiger partial charge in [0.05, 0.1) is 10.0 Å². The minimum Gasteiger partial charge on any atom is -0.248 e. The minimum atomic E-state index is 0.506. The van der Waals surface area contributed by atoms with Crippen molar-refractivity contribution in [3.8, 4) is 0 Å². The first kappa shape index (κ1) is 11.2. The molecule has 0 aliphatic heterocycles. The molecule has 1 aromatic heterocycles. The Kier molecular flexibility index (Phi) is 4.92. The fourth-order valence-electron chi connectivity index (χ4n) is 0.851. The van der Waals surface area contributed by atoms with E-state index in [1.54, 1.807) is 18.0 Å². The highest BCUT2D eigenvalue weighted by atomic mass is 35.5. The number of thioether (sulfide) groups is 1. The first-order valence-corrected chi connectivity index (χ1v) is 5.85. The number of rotatable bonds is 4. The Balaban J connectivity index is 2.49. The Hall–Kier alpha value is 0.0800. The van der Waals surface area contributed by atoms with Crippen molar-refractivity contribution in [2.75, 3.05) is 5.88 Å². The fraction of sp³-hybridized carbons (Fsp3) is 0.444. The van der Waals surface area contributed by atoms with Crippen molar-refractivity contribution in [1.82, 2.24) is 4.98 Å². The van der Waals surface area contributed by atoms with Crippen LogP contribution in [0.1, 0.15) is 13.3 Å². The molecule has 1 aromatic rings. The summed E-state index contributed by atoms with van der Waals surface area (Å²) in [5.41, 5.74) is 0. The topological polar surface area (TPSA) is 12.9 Å². The van der Waals surface area contributed by atoms with Crippen molar-refractivity contribution < 1.29 is 0 Å². The first-order valence-electron chi connectivity index (χ1n) is 4.06. The Morgan fingerprint density at radius 1 is 1.54 bits per heavy atom. The summed E-state index contributed by atoms with van der Waals surface area (Å²) in [5.74, 6) is 0.696. The van der Waals surface area contributed by atoms with Crippen molar-refractivity contribution in [2.24, 2.45) is 0 Å². The van der Waals surface area contributed by atoms with Crippen LogP contribution < -0.4 is 0 Å². The zero-order valence-electron chi connectivity index (χ0n) is 7.34. The predicted molar refractivity (Wildman–Crippen MR) is 59.9 cm³/mol. The third-order valence-electron chi connectivity index (χ3n) is 1.54. The second-order valence-corrected chi connectivity index (χ2v) is 4.99. The van der Waals surface area contributed by atoms with Gasteiger partial charge in [-0.2, -0.15) is 0 Å². The highest BCUT2D eigenvalue weighted by Crippen LogP contribution is 2.24. The molecule has 1 rings (SSSR count). The SMILES string of the molecule is CC(CCCl)Sc1ccc(Cl)cn1. The van der Waals surface area contributed by atoms with E-state index in [1.165, 1.54) is 0 Å². The Morgan fingerprint density at radius 2 is 2.31 bits per heavy atom. The lowest BCUT2D eigenvalue weighted by Crippen LogP contribution is -1.96. The molecule has 0 radical (unpaired) electrons. The average molecular weight is 236 g/mol. The lowest BCUT2D eigenvalue weighted by atomic mass is 10.4. The van der Waals surface area contributed by atoms with Gasteiger partial charge in [0.2, 0.25) is 0 Å². The number of pyridine rings is 1.